The number of anilines is 2. The molecule has 4 rings (SSSR count). The minimum Gasteiger partial charge on any atom is -0.497 e. The van der Waals surface area contributed by atoms with Crippen LogP contribution in [0.5, 0.6) is 5.75 Å². The fourth-order valence-corrected chi connectivity index (χ4v) is 3.65. The molecule has 152 valence electrons. The summed E-state index contributed by atoms with van der Waals surface area (Å²) in [7, 11) is 1.67. The Morgan fingerprint density at radius 3 is 2.70 bits per heavy atom. The van der Waals surface area contributed by atoms with Gasteiger partial charge in [-0.3, -0.25) is 4.98 Å². The van der Waals surface area contributed by atoms with Crippen LogP contribution in [0.15, 0.2) is 36.5 Å². The van der Waals surface area contributed by atoms with E-state index in [1.165, 1.54) is 11.1 Å². The topological polar surface area (TPSA) is 87.0 Å². The van der Waals surface area contributed by atoms with E-state index in [1.54, 1.807) is 7.11 Å². The number of fused-ring (bicyclic) bond motifs is 1. The first kappa shape index (κ1) is 19.6. The van der Waals surface area contributed by atoms with Crippen molar-refractivity contribution in [2.75, 3.05) is 23.9 Å². The lowest BCUT2D eigenvalue weighted by atomic mass is 10.0. The average molecular weight is 400 g/mol. The second-order valence-electron chi connectivity index (χ2n) is 7.44. The molecule has 0 saturated carbocycles. The highest BCUT2D eigenvalue weighted by Gasteiger charge is 2.22. The molecule has 0 bridgehead atoms. The van der Waals surface area contributed by atoms with Crippen LogP contribution in [-0.2, 0) is 19.5 Å². The zero-order valence-electron chi connectivity index (χ0n) is 17.4. The van der Waals surface area contributed by atoms with Crippen LogP contribution in [0.25, 0.3) is 0 Å². The number of pyridine rings is 1. The third kappa shape index (κ3) is 3.90. The second-order valence-corrected chi connectivity index (χ2v) is 7.44. The van der Waals surface area contributed by atoms with Gasteiger partial charge in [-0.25, -0.2) is 0 Å². The summed E-state index contributed by atoms with van der Waals surface area (Å²) in [6.07, 6.45) is 2.75. The van der Waals surface area contributed by atoms with E-state index in [9.17, 15) is 5.26 Å². The van der Waals surface area contributed by atoms with Crippen molar-refractivity contribution in [1.82, 2.24) is 15.2 Å². The SMILES string of the molecule is COc1ccc(CNc2cnc3c(c2)CN(c2nnc(C#N)c(C)c2C)CC3)cc1. The molecule has 0 atom stereocenters. The maximum absolute atomic E-state index is 9.18. The average Bonchev–Trinajstić information content (AvgIpc) is 2.79. The second kappa shape index (κ2) is 8.37. The molecule has 7 nitrogen and oxygen atoms in total. The Labute approximate surface area is 176 Å². The monoisotopic (exact) mass is 400 g/mol. The van der Waals surface area contributed by atoms with E-state index in [4.69, 9.17) is 4.74 Å². The minimum atomic E-state index is 0.389. The van der Waals surface area contributed by atoms with Gasteiger partial charge >= 0.3 is 0 Å². The van der Waals surface area contributed by atoms with E-state index in [0.717, 1.165) is 53.6 Å². The number of hydrogen-bond donors (Lipinski definition) is 1. The molecule has 7 heteroatoms. The number of ether oxygens (including phenoxy) is 1. The van der Waals surface area contributed by atoms with Crippen molar-refractivity contribution >= 4 is 11.5 Å². The maximum Gasteiger partial charge on any atom is 0.166 e. The molecule has 0 radical (unpaired) electrons. The van der Waals surface area contributed by atoms with Gasteiger partial charge in [-0.2, -0.15) is 5.26 Å². The van der Waals surface area contributed by atoms with Crippen molar-refractivity contribution in [2.45, 2.75) is 33.4 Å². The summed E-state index contributed by atoms with van der Waals surface area (Å²) in [6, 6.07) is 12.3. The van der Waals surface area contributed by atoms with Crippen LogP contribution in [0.1, 0.15) is 33.6 Å². The predicted octanol–water partition coefficient (Wildman–Crippen LogP) is 3.54. The van der Waals surface area contributed by atoms with E-state index in [-0.39, 0.29) is 0 Å². The largest absolute Gasteiger partial charge is 0.497 e. The molecule has 1 aliphatic rings. The van der Waals surface area contributed by atoms with Crippen molar-refractivity contribution in [2.24, 2.45) is 0 Å². The fourth-order valence-electron chi connectivity index (χ4n) is 3.65. The van der Waals surface area contributed by atoms with E-state index >= 15 is 0 Å². The van der Waals surface area contributed by atoms with Gasteiger partial charge in [0, 0.05) is 31.7 Å². The molecular formula is C23H24N6O. The first-order chi connectivity index (χ1) is 14.6. The first-order valence-electron chi connectivity index (χ1n) is 9.92. The molecule has 1 N–H and O–H groups in total. The number of aromatic nitrogens is 3. The Morgan fingerprint density at radius 2 is 1.97 bits per heavy atom. The fraction of sp³-hybridized carbons (Fsp3) is 0.304. The lowest BCUT2D eigenvalue weighted by molar-refractivity contribution is 0.414. The molecule has 2 aromatic heterocycles. The van der Waals surface area contributed by atoms with Crippen molar-refractivity contribution < 1.29 is 4.74 Å². The van der Waals surface area contributed by atoms with Gasteiger partial charge in [-0.1, -0.05) is 12.1 Å². The molecule has 3 aromatic rings. The van der Waals surface area contributed by atoms with Gasteiger partial charge in [0.1, 0.15) is 11.8 Å². The summed E-state index contributed by atoms with van der Waals surface area (Å²) in [4.78, 5) is 6.88. The highest BCUT2D eigenvalue weighted by Crippen LogP contribution is 2.27. The molecule has 3 heterocycles. The zero-order valence-corrected chi connectivity index (χ0v) is 17.4. The van der Waals surface area contributed by atoms with Crippen LogP contribution in [-0.4, -0.2) is 28.8 Å². The normalized spacial score (nSPS) is 12.8. The van der Waals surface area contributed by atoms with Crippen LogP contribution < -0.4 is 15.0 Å². The molecule has 0 aliphatic carbocycles. The highest BCUT2D eigenvalue weighted by molar-refractivity contribution is 5.55. The van der Waals surface area contributed by atoms with E-state index < -0.39 is 0 Å². The Kier molecular flexibility index (Phi) is 5.48. The van der Waals surface area contributed by atoms with Crippen LogP contribution in [0.4, 0.5) is 11.5 Å². The standard InChI is InChI=1S/C23H24N6O/c1-15-16(2)23(28-27-22(15)11-24)29-9-8-21-18(14-29)10-19(13-26-21)25-12-17-4-6-20(30-3)7-5-17/h4-7,10,13,25H,8-9,12,14H2,1-3H3. The smallest absolute Gasteiger partial charge is 0.166 e. The van der Waals surface area contributed by atoms with Crippen molar-refractivity contribution in [3.05, 3.63) is 70.2 Å². The predicted molar refractivity (Wildman–Crippen MR) is 116 cm³/mol. The molecule has 0 spiro atoms. The van der Waals surface area contributed by atoms with Crippen molar-refractivity contribution in [3.8, 4) is 11.8 Å². The van der Waals surface area contributed by atoms with E-state index in [0.29, 0.717) is 12.2 Å². The quantitative estimate of drug-likeness (QED) is 0.701. The van der Waals surface area contributed by atoms with Gasteiger partial charge in [-0.15, -0.1) is 10.2 Å². The highest BCUT2D eigenvalue weighted by atomic mass is 16.5. The number of methoxy groups -OCH3 is 1. The molecule has 0 amide bonds. The molecule has 0 saturated heterocycles. The van der Waals surface area contributed by atoms with Gasteiger partial charge < -0.3 is 15.0 Å². The van der Waals surface area contributed by atoms with Gasteiger partial charge in [0.05, 0.1) is 19.0 Å². The van der Waals surface area contributed by atoms with Gasteiger partial charge in [-0.05, 0) is 54.3 Å². The maximum atomic E-state index is 9.18. The molecule has 1 aliphatic heterocycles. The number of nitriles is 1. The lowest BCUT2D eigenvalue weighted by Gasteiger charge is -2.30. The summed E-state index contributed by atoms with van der Waals surface area (Å²) in [5.41, 5.74) is 6.76. The molecular weight excluding hydrogens is 376 g/mol. The van der Waals surface area contributed by atoms with Gasteiger partial charge in [0.15, 0.2) is 11.5 Å². The number of rotatable bonds is 5. The molecule has 30 heavy (non-hydrogen) atoms. The third-order valence-electron chi connectivity index (χ3n) is 5.60. The summed E-state index contributed by atoms with van der Waals surface area (Å²) in [5, 5.41) is 21.0. The number of nitrogens with zero attached hydrogens (tertiary/aromatic N) is 5. The lowest BCUT2D eigenvalue weighted by Crippen LogP contribution is -2.32. The van der Waals surface area contributed by atoms with Crippen LogP contribution in [0, 0.1) is 25.2 Å². The number of hydrogen-bond acceptors (Lipinski definition) is 7. The Hall–Kier alpha value is -3.66. The molecule has 0 fully saturated rings. The van der Waals surface area contributed by atoms with Gasteiger partial charge in [0.2, 0.25) is 0 Å². The van der Waals surface area contributed by atoms with E-state index in [1.807, 2.05) is 44.3 Å². The summed E-state index contributed by atoms with van der Waals surface area (Å²) < 4.78 is 5.21. The molecule has 1 aromatic carbocycles. The first-order valence-corrected chi connectivity index (χ1v) is 9.92. The van der Waals surface area contributed by atoms with Crippen molar-refractivity contribution in [1.29, 1.82) is 5.26 Å². The van der Waals surface area contributed by atoms with Crippen molar-refractivity contribution in [3.63, 3.8) is 0 Å². The Morgan fingerprint density at radius 1 is 1.17 bits per heavy atom. The van der Waals surface area contributed by atoms with Crippen LogP contribution >= 0.6 is 0 Å². The summed E-state index contributed by atoms with van der Waals surface area (Å²) >= 11 is 0. The Bertz CT molecular complexity index is 1100. The number of benzene rings is 1. The van der Waals surface area contributed by atoms with Gasteiger partial charge in [0.25, 0.3) is 0 Å². The summed E-state index contributed by atoms with van der Waals surface area (Å²) in [6.45, 7) is 6.20. The zero-order chi connectivity index (χ0) is 21.1. The summed E-state index contributed by atoms with van der Waals surface area (Å²) in [5.74, 6) is 1.69. The third-order valence-corrected chi connectivity index (χ3v) is 5.60. The van der Waals surface area contributed by atoms with E-state index in [2.05, 4.69) is 37.5 Å². The Balaban J connectivity index is 1.49. The van der Waals surface area contributed by atoms with Crippen LogP contribution in [0.2, 0.25) is 0 Å². The van der Waals surface area contributed by atoms with Crippen LogP contribution in [0.3, 0.4) is 0 Å². The molecule has 0 unspecified atom stereocenters. The number of nitrogens with one attached hydrogen (secondary N) is 1. The minimum absolute atomic E-state index is 0.389.